The summed E-state index contributed by atoms with van der Waals surface area (Å²) in [6.07, 6.45) is -22.7. The van der Waals surface area contributed by atoms with E-state index in [4.69, 9.17) is 39.4 Å². The molecule has 20 atom stereocenters. The zero-order valence-corrected chi connectivity index (χ0v) is 40.1. The van der Waals surface area contributed by atoms with E-state index in [1.165, 1.54) is 0 Å². The summed E-state index contributed by atoms with van der Waals surface area (Å²) in [4.78, 5) is 59.4. The molecule has 0 spiro atoms. The van der Waals surface area contributed by atoms with E-state index in [0.29, 0.717) is 4.90 Å². The third kappa shape index (κ3) is 12.3. The number of rotatable bonds is 9. The minimum absolute atomic E-state index is 0.0132. The number of urea groups is 4. The number of hydrogen-bond acceptors (Lipinski definition) is 25. The third-order valence-electron chi connectivity index (χ3n) is 12.6. The lowest BCUT2D eigenvalue weighted by Gasteiger charge is -2.37. The van der Waals surface area contributed by atoms with Crippen molar-refractivity contribution in [2.75, 3.05) is 52.6 Å². The van der Waals surface area contributed by atoms with Gasteiger partial charge in [-0.1, -0.05) is 0 Å². The van der Waals surface area contributed by atoms with Crippen LogP contribution in [0.5, 0.6) is 0 Å². The van der Waals surface area contributed by atoms with Crippen molar-refractivity contribution >= 4 is 49.4 Å². The van der Waals surface area contributed by atoms with Crippen LogP contribution in [0, 0.1) is 10.1 Å². The summed E-state index contributed by atoms with van der Waals surface area (Å²) in [7, 11) is 0. The Bertz CT molecular complexity index is 1840. The Labute approximate surface area is 425 Å². The van der Waals surface area contributed by atoms with Crippen molar-refractivity contribution in [3.8, 4) is 0 Å². The molecule has 38 heteroatoms. The van der Waals surface area contributed by atoms with Crippen LogP contribution in [-0.2, 0) is 18.9 Å². The lowest BCUT2D eigenvalue weighted by Crippen LogP contribution is -2.63. The second-order valence-electron chi connectivity index (χ2n) is 17.6. The molecular weight excluding hydrogens is 1070 g/mol. The molecule has 17 N–H and O–H groups in total. The molecule has 8 unspecified atom stereocenters. The monoisotopic (exact) mass is 1130 g/mol. The Kier molecular flexibility index (Phi) is 20.0. The fourth-order valence-corrected chi connectivity index (χ4v) is 9.18. The van der Waals surface area contributed by atoms with Gasteiger partial charge in [0.25, 0.3) is 5.85 Å². The normalized spacial score (nSPS) is 44.2. The van der Waals surface area contributed by atoms with E-state index in [2.05, 4.69) is 46.5 Å². The van der Waals surface area contributed by atoms with E-state index in [0.717, 1.165) is 14.7 Å². The number of nitrogens with one attached hydrogen (secondary N) is 4. The van der Waals surface area contributed by atoms with Crippen LogP contribution in [0.3, 0.4) is 0 Å². The van der Waals surface area contributed by atoms with Crippen molar-refractivity contribution < 1.29 is 127 Å². The highest BCUT2D eigenvalue weighted by Crippen LogP contribution is 2.42. The Morgan fingerprint density at radius 2 is 0.757 bits per heavy atom. The summed E-state index contributed by atoms with van der Waals surface area (Å²) in [5.41, 5.74) is 0. The number of hydrogen-bond donors (Lipinski definition) is 19. The van der Waals surface area contributed by atoms with Crippen LogP contribution in [0.15, 0.2) is 0 Å². The predicted octanol–water partition coefficient (Wildman–Crippen LogP) is -8.02. The highest BCUT2D eigenvalue weighted by atomic mass is 32.1. The first kappa shape index (κ1) is 61.1. The standard InChI is InChI=1S/C9H14FN3O7.C9H15FN2O6.2C9H15FN2O5S/c10-9(13(18)19)6(16)4(3-14)20-7(9)12-2-1-5(15)11-8(12)17;10-9(17)6(15)4(3-13)18-7(9)12-2-1-5(14)11-8(12)16;2*10-9(18)6(15)4(3-13)17-7(9)12-2-1-5(14)11-8(12)16/h4-7,14-16H,1-3H2,(H,11,17);4-7,13-15,17H,1-3H2,(H,11,16);2*4-7,13-15,18H,1-3H2,(H,11,16)/t3*4-,5?,6-,7?,9+;4-,5?,6-,7?,9-/m1111/s1. The minimum Gasteiger partial charge on any atom is -0.394 e. The Morgan fingerprint density at radius 3 is 1.03 bits per heavy atom. The van der Waals surface area contributed by atoms with Crippen LogP contribution in [-0.4, -0.2) is 288 Å². The number of nitrogens with zero attached hydrogens (tertiary/aromatic N) is 5. The van der Waals surface area contributed by atoms with Gasteiger partial charge < -0.3 is 107 Å². The zero-order chi connectivity index (χ0) is 55.6. The van der Waals surface area contributed by atoms with Crippen LogP contribution in [0.2, 0.25) is 0 Å². The van der Waals surface area contributed by atoms with Gasteiger partial charge in [0.1, 0.15) is 67.6 Å². The number of aliphatic hydroxyl groups is 13. The molecule has 32 nitrogen and oxygen atoms in total. The first-order valence-electron chi connectivity index (χ1n) is 22.3. The van der Waals surface area contributed by atoms with Gasteiger partial charge in [0.15, 0.2) is 24.8 Å². The van der Waals surface area contributed by atoms with E-state index in [-0.39, 0.29) is 51.9 Å². The molecule has 0 aromatic heterocycles. The van der Waals surface area contributed by atoms with E-state index < -0.39 is 176 Å². The number of alkyl halides is 4. The second-order valence-corrected chi connectivity index (χ2v) is 18.9. The van der Waals surface area contributed by atoms with Crippen LogP contribution in [0.1, 0.15) is 25.7 Å². The number of halogens is 4. The maximum atomic E-state index is 14.5. The highest BCUT2D eigenvalue weighted by Gasteiger charge is 2.70. The number of amides is 8. The molecule has 0 aliphatic carbocycles. The van der Waals surface area contributed by atoms with Gasteiger partial charge in [-0.15, -0.1) is 25.3 Å². The van der Waals surface area contributed by atoms with Crippen molar-refractivity contribution in [2.45, 2.75) is 146 Å². The molecule has 0 saturated carbocycles. The van der Waals surface area contributed by atoms with Crippen molar-refractivity contribution in [1.29, 1.82) is 0 Å². The topological polar surface area (TPSA) is 472 Å². The molecule has 8 aliphatic heterocycles. The predicted molar refractivity (Wildman–Crippen MR) is 233 cm³/mol. The SMILES string of the molecule is O=C1NC(O)CCN1C1O[C@H](CO)[C@@H](O)[C@@]1(F)S.O=C1NC(O)CCN1C1O[C@H](CO)[C@@H](O)[C@@]1(O)F.O=C1NC(O)CCN1C1O[C@H](CO)[C@@H](O)[C@]1(F)S.O=C1NC(O)CCN1C1O[C@H](CO)[C@@H](O)[C@]1(F)[N+](=O)[O-]. The molecule has 0 aromatic carbocycles. The fourth-order valence-electron chi connectivity index (χ4n) is 8.44. The number of aliphatic hydroxyl groups excluding tert-OH is 12. The Balaban J connectivity index is 0.000000183. The Hall–Kier alpha value is -3.78. The first-order chi connectivity index (χ1) is 34.4. The number of ether oxygens (including phenoxy) is 4. The van der Waals surface area contributed by atoms with Crippen molar-refractivity contribution in [2.24, 2.45) is 0 Å². The number of nitro groups is 1. The molecule has 0 radical (unpaired) electrons. The molecule has 0 aromatic rings. The molecule has 8 fully saturated rings. The summed E-state index contributed by atoms with van der Waals surface area (Å²) in [5, 5.41) is 135. The van der Waals surface area contributed by atoms with Crippen LogP contribution in [0.25, 0.3) is 0 Å². The molecule has 8 amide bonds. The molecule has 8 saturated heterocycles. The minimum atomic E-state index is -3.45. The molecule has 0 bridgehead atoms. The maximum Gasteiger partial charge on any atom is 0.430 e. The maximum absolute atomic E-state index is 14.5. The first-order valence-corrected chi connectivity index (χ1v) is 23.2. The van der Waals surface area contributed by atoms with Gasteiger partial charge in [0.05, 0.1) is 31.4 Å². The van der Waals surface area contributed by atoms with Crippen molar-refractivity contribution in [3.63, 3.8) is 0 Å². The van der Waals surface area contributed by atoms with Gasteiger partial charge in [0, 0.05) is 51.9 Å². The summed E-state index contributed by atoms with van der Waals surface area (Å²) >= 11 is 7.38. The highest BCUT2D eigenvalue weighted by molar-refractivity contribution is 7.82. The van der Waals surface area contributed by atoms with Gasteiger partial charge in [-0.05, 0) is 0 Å². The smallest absolute Gasteiger partial charge is 0.394 e. The quantitative estimate of drug-likeness (QED) is 0.0335. The Morgan fingerprint density at radius 1 is 0.500 bits per heavy atom. The van der Waals surface area contributed by atoms with E-state index >= 15 is 0 Å². The molecule has 8 aliphatic rings. The van der Waals surface area contributed by atoms with Gasteiger partial charge in [-0.2, -0.15) is 4.39 Å². The second kappa shape index (κ2) is 24.3. The van der Waals surface area contributed by atoms with Gasteiger partial charge >= 0.3 is 29.9 Å². The molecule has 74 heavy (non-hydrogen) atoms. The number of carbonyl (C=O) groups is 4. The largest absolute Gasteiger partial charge is 0.430 e. The average Bonchev–Trinajstić information content (AvgIpc) is 3.91. The lowest BCUT2D eigenvalue weighted by molar-refractivity contribution is -0.626. The zero-order valence-electron chi connectivity index (χ0n) is 38.3. The van der Waals surface area contributed by atoms with Crippen molar-refractivity contribution in [1.82, 2.24) is 40.9 Å². The molecule has 8 rings (SSSR count). The summed E-state index contributed by atoms with van der Waals surface area (Å²) in [5.74, 6) is -6.62. The molecular formula is C36H59F4N9O23S2. The van der Waals surface area contributed by atoms with E-state index in [1.807, 2.05) is 0 Å². The van der Waals surface area contributed by atoms with Crippen molar-refractivity contribution in [3.05, 3.63) is 10.1 Å². The fraction of sp³-hybridized carbons (Fsp3) is 0.889. The summed E-state index contributed by atoms with van der Waals surface area (Å²) < 4.78 is 77.1. The van der Waals surface area contributed by atoms with Gasteiger partial charge in [-0.3, -0.25) is 29.7 Å². The number of carbonyl (C=O) groups excluding carboxylic acids is 4. The molecule has 426 valence electrons. The van der Waals surface area contributed by atoms with Crippen LogP contribution < -0.4 is 21.3 Å². The summed E-state index contributed by atoms with van der Waals surface area (Å²) in [6.45, 7) is -2.80. The van der Waals surface area contributed by atoms with E-state index in [9.17, 15) is 92.8 Å². The van der Waals surface area contributed by atoms with Crippen LogP contribution >= 0.6 is 25.3 Å². The molecule has 8 heterocycles. The summed E-state index contributed by atoms with van der Waals surface area (Å²) in [6, 6.07) is -3.19. The third-order valence-corrected chi connectivity index (χ3v) is 13.5. The van der Waals surface area contributed by atoms with Gasteiger partial charge in [-0.25, -0.2) is 32.3 Å². The van der Waals surface area contributed by atoms with Gasteiger partial charge in [0.2, 0.25) is 16.2 Å². The number of thiol groups is 2. The average molecular weight is 1130 g/mol. The van der Waals surface area contributed by atoms with Crippen LogP contribution in [0.4, 0.5) is 36.7 Å². The van der Waals surface area contributed by atoms with E-state index in [1.54, 1.807) is 0 Å². The lowest BCUT2D eigenvalue weighted by atomic mass is 10.1.